The van der Waals surface area contributed by atoms with E-state index in [1.807, 2.05) is 6.07 Å². The fraction of sp³-hybridized carbons (Fsp3) is 0.467. The van der Waals surface area contributed by atoms with Gasteiger partial charge in [0.15, 0.2) is 11.0 Å². The molecule has 2 aromatic rings. The zero-order valence-corrected chi connectivity index (χ0v) is 13.1. The minimum Gasteiger partial charge on any atom is -0.370 e. The van der Waals surface area contributed by atoms with Crippen molar-refractivity contribution in [1.82, 2.24) is 14.8 Å². The van der Waals surface area contributed by atoms with E-state index in [1.54, 1.807) is 11.8 Å². The normalized spacial score (nSPS) is 16.2. The number of hydrogen-bond acceptors (Lipinski definition) is 4. The Morgan fingerprint density at radius 2 is 1.95 bits per heavy atom. The van der Waals surface area contributed by atoms with Crippen LogP contribution in [0.15, 0.2) is 35.5 Å². The first kappa shape index (κ1) is 14.6. The molecule has 1 fully saturated rings. The molecule has 0 saturated carbocycles. The van der Waals surface area contributed by atoms with Crippen LogP contribution in [0.2, 0.25) is 0 Å². The first-order valence-corrected chi connectivity index (χ1v) is 8.28. The predicted octanol–water partition coefficient (Wildman–Crippen LogP) is 0.523. The molecule has 0 radical (unpaired) electrons. The van der Waals surface area contributed by atoms with E-state index in [0.29, 0.717) is 0 Å². The third-order valence-electron chi connectivity index (χ3n) is 3.74. The van der Waals surface area contributed by atoms with Crippen molar-refractivity contribution in [3.63, 3.8) is 0 Å². The molecule has 5 nitrogen and oxygen atoms in total. The first-order chi connectivity index (χ1) is 10.3. The van der Waals surface area contributed by atoms with Crippen LogP contribution in [0.5, 0.6) is 0 Å². The maximum atomic E-state index is 5.39. The minimum atomic E-state index is 0.850. The molecule has 6 heteroatoms. The van der Waals surface area contributed by atoms with Gasteiger partial charge in [-0.05, 0) is 5.56 Å². The molecular formula is C15H21N4OS+. The van der Waals surface area contributed by atoms with E-state index >= 15 is 0 Å². The van der Waals surface area contributed by atoms with E-state index in [2.05, 4.69) is 46.1 Å². The van der Waals surface area contributed by atoms with Crippen LogP contribution in [0.1, 0.15) is 11.4 Å². The number of hydrogen-bond donors (Lipinski definition) is 1. The maximum Gasteiger partial charge on any atom is 0.191 e. The van der Waals surface area contributed by atoms with Crippen molar-refractivity contribution in [1.29, 1.82) is 0 Å². The highest BCUT2D eigenvalue weighted by Gasteiger charge is 2.18. The van der Waals surface area contributed by atoms with Gasteiger partial charge in [0.25, 0.3) is 0 Å². The zero-order valence-electron chi connectivity index (χ0n) is 12.3. The lowest BCUT2D eigenvalue weighted by molar-refractivity contribution is -0.922. The molecule has 1 saturated heterocycles. The molecule has 0 aliphatic carbocycles. The standard InChI is InChI=1S/C15H20N4OS/c1-18-14(11-19-7-9-20-10-8-19)16-17-15(18)21-12-13-5-3-2-4-6-13/h2-6H,7-12H2,1H3/p+1. The highest BCUT2D eigenvalue weighted by Crippen LogP contribution is 2.20. The van der Waals surface area contributed by atoms with Crippen LogP contribution in [-0.4, -0.2) is 41.1 Å². The second-order valence-electron chi connectivity index (χ2n) is 5.27. The number of rotatable bonds is 5. The lowest BCUT2D eigenvalue weighted by Gasteiger charge is -2.23. The highest BCUT2D eigenvalue weighted by molar-refractivity contribution is 7.98. The molecule has 1 aromatic carbocycles. The Hall–Kier alpha value is -1.37. The summed E-state index contributed by atoms with van der Waals surface area (Å²) in [7, 11) is 2.06. The van der Waals surface area contributed by atoms with Crippen molar-refractivity contribution >= 4 is 11.8 Å². The van der Waals surface area contributed by atoms with E-state index < -0.39 is 0 Å². The van der Waals surface area contributed by atoms with Crippen LogP contribution in [0.25, 0.3) is 0 Å². The Morgan fingerprint density at radius 3 is 2.71 bits per heavy atom. The molecule has 1 aliphatic heterocycles. The zero-order chi connectivity index (χ0) is 14.5. The van der Waals surface area contributed by atoms with Crippen LogP contribution >= 0.6 is 11.8 Å². The Balaban J connectivity index is 1.59. The number of aromatic nitrogens is 3. The number of morpholine rings is 1. The molecule has 3 rings (SSSR count). The van der Waals surface area contributed by atoms with E-state index in [1.165, 1.54) is 10.5 Å². The number of benzene rings is 1. The number of nitrogens with one attached hydrogen (secondary N) is 1. The molecule has 1 aromatic heterocycles. The molecule has 0 amide bonds. The van der Waals surface area contributed by atoms with Crippen molar-refractivity contribution in [3.8, 4) is 0 Å². The molecule has 0 unspecified atom stereocenters. The third kappa shape index (κ3) is 3.84. The van der Waals surface area contributed by atoms with Gasteiger partial charge in [-0.25, -0.2) is 0 Å². The van der Waals surface area contributed by atoms with E-state index in [0.717, 1.165) is 49.6 Å². The summed E-state index contributed by atoms with van der Waals surface area (Å²) in [6.07, 6.45) is 0. The van der Waals surface area contributed by atoms with Crippen LogP contribution in [-0.2, 0) is 24.1 Å². The van der Waals surface area contributed by atoms with Gasteiger partial charge in [0.1, 0.15) is 19.6 Å². The fourth-order valence-electron chi connectivity index (χ4n) is 2.41. The summed E-state index contributed by atoms with van der Waals surface area (Å²) in [4.78, 5) is 1.52. The number of thioether (sulfide) groups is 1. The van der Waals surface area contributed by atoms with Crippen LogP contribution in [0, 0.1) is 0 Å². The Morgan fingerprint density at radius 1 is 1.19 bits per heavy atom. The van der Waals surface area contributed by atoms with Gasteiger partial charge >= 0.3 is 0 Å². The predicted molar refractivity (Wildman–Crippen MR) is 82.2 cm³/mol. The molecule has 0 bridgehead atoms. The molecule has 0 atom stereocenters. The smallest absolute Gasteiger partial charge is 0.191 e. The van der Waals surface area contributed by atoms with E-state index in [4.69, 9.17) is 4.74 Å². The maximum absolute atomic E-state index is 5.39. The van der Waals surface area contributed by atoms with E-state index in [-0.39, 0.29) is 0 Å². The molecule has 112 valence electrons. The van der Waals surface area contributed by atoms with Crippen molar-refractivity contribution in [2.75, 3.05) is 26.3 Å². The Kier molecular flexibility index (Phi) is 4.90. The van der Waals surface area contributed by atoms with Gasteiger partial charge in [-0.3, -0.25) is 0 Å². The monoisotopic (exact) mass is 305 g/mol. The Bertz CT molecular complexity index is 566. The number of nitrogens with zero attached hydrogens (tertiary/aromatic N) is 3. The van der Waals surface area contributed by atoms with Gasteiger partial charge in [0, 0.05) is 12.8 Å². The topological polar surface area (TPSA) is 44.4 Å². The summed E-state index contributed by atoms with van der Waals surface area (Å²) in [6, 6.07) is 10.5. The summed E-state index contributed by atoms with van der Waals surface area (Å²) in [5.74, 6) is 1.99. The third-order valence-corrected chi connectivity index (χ3v) is 4.84. The van der Waals surface area contributed by atoms with Crippen LogP contribution in [0.4, 0.5) is 0 Å². The summed E-state index contributed by atoms with van der Waals surface area (Å²) in [5.41, 5.74) is 1.31. The average Bonchev–Trinajstić information content (AvgIpc) is 2.88. The summed E-state index contributed by atoms with van der Waals surface area (Å²) < 4.78 is 7.51. The SMILES string of the molecule is Cn1c(C[NH+]2CCOCC2)nnc1SCc1ccccc1. The van der Waals surface area contributed by atoms with Crippen molar-refractivity contribution in [2.24, 2.45) is 7.05 Å². The van der Waals surface area contributed by atoms with Crippen molar-refractivity contribution < 1.29 is 9.64 Å². The van der Waals surface area contributed by atoms with Gasteiger partial charge in [0.05, 0.1) is 13.2 Å². The van der Waals surface area contributed by atoms with Crippen molar-refractivity contribution in [3.05, 3.63) is 41.7 Å². The molecule has 1 N–H and O–H groups in total. The molecule has 21 heavy (non-hydrogen) atoms. The lowest BCUT2D eigenvalue weighted by atomic mass is 10.2. The average molecular weight is 305 g/mol. The quantitative estimate of drug-likeness (QED) is 0.818. The summed E-state index contributed by atoms with van der Waals surface area (Å²) in [6.45, 7) is 4.74. The largest absolute Gasteiger partial charge is 0.370 e. The van der Waals surface area contributed by atoms with Crippen molar-refractivity contribution in [2.45, 2.75) is 17.5 Å². The lowest BCUT2D eigenvalue weighted by Crippen LogP contribution is -3.12. The Labute approximate surface area is 129 Å². The molecule has 2 heterocycles. The van der Waals surface area contributed by atoms with E-state index in [9.17, 15) is 0 Å². The minimum absolute atomic E-state index is 0.850. The number of quaternary nitrogens is 1. The highest BCUT2D eigenvalue weighted by atomic mass is 32.2. The van der Waals surface area contributed by atoms with Gasteiger partial charge < -0.3 is 14.2 Å². The summed E-state index contributed by atoms with van der Waals surface area (Å²) in [5, 5.41) is 9.67. The second kappa shape index (κ2) is 7.06. The van der Waals surface area contributed by atoms with Gasteiger partial charge in [-0.1, -0.05) is 42.1 Å². The first-order valence-electron chi connectivity index (χ1n) is 7.29. The van der Waals surface area contributed by atoms with Gasteiger partial charge in [0.2, 0.25) is 0 Å². The van der Waals surface area contributed by atoms with Gasteiger partial charge in [-0.2, -0.15) is 0 Å². The number of ether oxygens (including phenoxy) is 1. The van der Waals surface area contributed by atoms with Gasteiger partial charge in [-0.15, -0.1) is 10.2 Å². The molecular weight excluding hydrogens is 284 g/mol. The molecule has 0 spiro atoms. The second-order valence-corrected chi connectivity index (χ2v) is 6.21. The van der Waals surface area contributed by atoms with Crippen LogP contribution < -0.4 is 4.90 Å². The van der Waals surface area contributed by atoms with Crippen LogP contribution in [0.3, 0.4) is 0 Å². The fourth-order valence-corrected chi connectivity index (χ4v) is 3.29. The molecule has 1 aliphatic rings. The summed E-state index contributed by atoms with van der Waals surface area (Å²) >= 11 is 1.74.